The fraction of sp³-hybridized carbons (Fsp3) is 0.571. The van der Waals surface area contributed by atoms with Gasteiger partial charge in [0, 0.05) is 18.5 Å². The molecule has 0 aliphatic heterocycles. The molecule has 1 heterocycles. The van der Waals surface area contributed by atoms with Gasteiger partial charge in [-0.1, -0.05) is 0 Å². The molecular formula is C7H9F3N2OS. The Hall–Kier alpha value is -0.820. The lowest BCUT2D eigenvalue weighted by Crippen LogP contribution is -2.07. The summed E-state index contributed by atoms with van der Waals surface area (Å²) in [5, 5.41) is 12.3. The van der Waals surface area contributed by atoms with Crippen LogP contribution in [0.5, 0.6) is 0 Å². The molecule has 3 nitrogen and oxygen atoms in total. The van der Waals surface area contributed by atoms with Crippen LogP contribution in [-0.4, -0.2) is 23.2 Å². The third-order valence-electron chi connectivity index (χ3n) is 1.41. The molecule has 0 unspecified atom stereocenters. The number of alkyl halides is 3. The maximum Gasteiger partial charge on any atom is 0.434 e. The van der Waals surface area contributed by atoms with Gasteiger partial charge in [-0.15, -0.1) is 11.3 Å². The minimum atomic E-state index is -4.38. The van der Waals surface area contributed by atoms with Crippen molar-refractivity contribution in [1.29, 1.82) is 0 Å². The van der Waals surface area contributed by atoms with Crippen LogP contribution >= 0.6 is 11.3 Å². The van der Waals surface area contributed by atoms with Crippen LogP contribution in [0.15, 0.2) is 5.38 Å². The van der Waals surface area contributed by atoms with Crippen molar-refractivity contribution in [2.45, 2.75) is 12.6 Å². The number of rotatable bonds is 4. The second-order valence-electron chi connectivity index (χ2n) is 2.54. The second-order valence-corrected chi connectivity index (χ2v) is 3.40. The molecule has 0 atom stereocenters. The van der Waals surface area contributed by atoms with Crippen LogP contribution in [0.4, 0.5) is 18.3 Å². The number of nitrogens with zero attached hydrogens (tertiary/aromatic N) is 1. The summed E-state index contributed by atoms with van der Waals surface area (Å²) in [6.45, 7) is 0.422. The van der Waals surface area contributed by atoms with Crippen molar-refractivity contribution in [3.63, 3.8) is 0 Å². The Morgan fingerprint density at radius 3 is 2.71 bits per heavy atom. The zero-order valence-corrected chi connectivity index (χ0v) is 7.95. The van der Waals surface area contributed by atoms with Crippen molar-refractivity contribution in [2.75, 3.05) is 18.5 Å². The van der Waals surface area contributed by atoms with E-state index in [1.165, 1.54) is 0 Å². The summed E-state index contributed by atoms with van der Waals surface area (Å²) in [5.41, 5.74) is -0.881. The molecule has 2 N–H and O–H groups in total. The van der Waals surface area contributed by atoms with Crippen LogP contribution in [0.25, 0.3) is 0 Å². The molecule has 0 bridgehead atoms. The first-order chi connectivity index (χ1) is 6.54. The average molecular weight is 226 g/mol. The molecule has 0 radical (unpaired) electrons. The molecule has 80 valence electrons. The van der Waals surface area contributed by atoms with Crippen molar-refractivity contribution in [2.24, 2.45) is 0 Å². The molecule has 1 rings (SSSR count). The van der Waals surface area contributed by atoms with Crippen LogP contribution in [0, 0.1) is 0 Å². The quantitative estimate of drug-likeness (QED) is 0.771. The van der Waals surface area contributed by atoms with E-state index in [-0.39, 0.29) is 11.7 Å². The topological polar surface area (TPSA) is 45.1 Å². The third kappa shape index (κ3) is 3.15. The van der Waals surface area contributed by atoms with E-state index >= 15 is 0 Å². The first kappa shape index (κ1) is 11.3. The minimum absolute atomic E-state index is 0.00447. The Bertz CT molecular complexity index is 287. The summed E-state index contributed by atoms with van der Waals surface area (Å²) in [6, 6.07) is 0. The Morgan fingerprint density at radius 1 is 1.50 bits per heavy atom. The van der Waals surface area contributed by atoms with E-state index in [9.17, 15) is 13.2 Å². The molecule has 0 amide bonds. The number of halogens is 3. The standard InChI is InChI=1S/C7H9F3N2OS/c8-7(9,10)5-4-14-6(12-5)11-2-1-3-13/h4,13H,1-3H2,(H,11,12). The van der Waals surface area contributed by atoms with Crippen LogP contribution < -0.4 is 5.32 Å². The van der Waals surface area contributed by atoms with E-state index < -0.39 is 11.9 Å². The zero-order valence-electron chi connectivity index (χ0n) is 7.14. The molecule has 0 spiro atoms. The van der Waals surface area contributed by atoms with Crippen LogP contribution in [0.2, 0.25) is 0 Å². The van der Waals surface area contributed by atoms with Crippen molar-refractivity contribution >= 4 is 16.5 Å². The lowest BCUT2D eigenvalue weighted by Gasteiger charge is -2.01. The van der Waals surface area contributed by atoms with Crippen molar-refractivity contribution < 1.29 is 18.3 Å². The number of aliphatic hydroxyl groups is 1. The zero-order chi connectivity index (χ0) is 10.6. The van der Waals surface area contributed by atoms with Gasteiger partial charge in [0.15, 0.2) is 10.8 Å². The summed E-state index contributed by atoms with van der Waals surface area (Å²) in [7, 11) is 0. The SMILES string of the molecule is OCCCNc1nc(C(F)(F)F)cs1. The van der Waals surface area contributed by atoms with Crippen molar-refractivity contribution in [3.8, 4) is 0 Å². The summed E-state index contributed by atoms with van der Waals surface area (Å²) in [6.07, 6.45) is -3.89. The average Bonchev–Trinajstić information content (AvgIpc) is 2.52. The highest BCUT2D eigenvalue weighted by molar-refractivity contribution is 7.13. The van der Waals surface area contributed by atoms with Crippen molar-refractivity contribution in [1.82, 2.24) is 4.98 Å². The Morgan fingerprint density at radius 2 is 2.21 bits per heavy atom. The van der Waals surface area contributed by atoms with Gasteiger partial charge < -0.3 is 10.4 Å². The van der Waals surface area contributed by atoms with Crippen molar-refractivity contribution in [3.05, 3.63) is 11.1 Å². The first-order valence-corrected chi connectivity index (χ1v) is 4.79. The number of nitrogens with one attached hydrogen (secondary N) is 1. The second kappa shape index (κ2) is 4.61. The van der Waals surface area contributed by atoms with Crippen LogP contribution in [0.1, 0.15) is 12.1 Å². The first-order valence-electron chi connectivity index (χ1n) is 3.91. The monoisotopic (exact) mass is 226 g/mol. The van der Waals surface area contributed by atoms with E-state index in [4.69, 9.17) is 5.11 Å². The van der Waals surface area contributed by atoms with E-state index in [1.54, 1.807) is 0 Å². The van der Waals surface area contributed by atoms with E-state index in [2.05, 4.69) is 10.3 Å². The van der Waals surface area contributed by atoms with Crippen LogP contribution in [-0.2, 0) is 6.18 Å². The summed E-state index contributed by atoms with van der Waals surface area (Å²) < 4.78 is 36.2. The highest BCUT2D eigenvalue weighted by atomic mass is 32.1. The van der Waals surface area contributed by atoms with Gasteiger partial charge in [-0.25, -0.2) is 4.98 Å². The highest BCUT2D eigenvalue weighted by Gasteiger charge is 2.33. The molecule has 14 heavy (non-hydrogen) atoms. The van der Waals surface area contributed by atoms with Gasteiger partial charge in [-0.3, -0.25) is 0 Å². The number of aliphatic hydroxyl groups excluding tert-OH is 1. The maximum absolute atomic E-state index is 12.1. The lowest BCUT2D eigenvalue weighted by atomic mass is 10.4. The largest absolute Gasteiger partial charge is 0.434 e. The van der Waals surface area contributed by atoms with Gasteiger partial charge in [-0.05, 0) is 6.42 Å². The third-order valence-corrected chi connectivity index (χ3v) is 2.21. The Labute approximate surface area is 82.6 Å². The number of hydrogen-bond donors (Lipinski definition) is 2. The van der Waals surface area contributed by atoms with Crippen LogP contribution in [0.3, 0.4) is 0 Å². The molecule has 0 aliphatic carbocycles. The summed E-state index contributed by atoms with van der Waals surface area (Å²) >= 11 is 0.903. The van der Waals surface area contributed by atoms with Gasteiger partial charge in [0.2, 0.25) is 0 Å². The summed E-state index contributed by atoms with van der Waals surface area (Å²) in [5.74, 6) is 0. The van der Waals surface area contributed by atoms with E-state index in [0.29, 0.717) is 13.0 Å². The molecule has 0 aliphatic rings. The summed E-state index contributed by atoms with van der Waals surface area (Å²) in [4.78, 5) is 3.35. The van der Waals surface area contributed by atoms with Gasteiger partial charge >= 0.3 is 6.18 Å². The fourth-order valence-corrected chi connectivity index (χ4v) is 1.51. The van der Waals surface area contributed by atoms with Gasteiger partial charge in [-0.2, -0.15) is 13.2 Å². The fourth-order valence-electron chi connectivity index (χ4n) is 0.760. The molecule has 1 aromatic heterocycles. The molecule has 0 saturated heterocycles. The minimum Gasteiger partial charge on any atom is -0.396 e. The number of thiazole rings is 1. The molecule has 1 aromatic rings. The number of anilines is 1. The van der Waals surface area contributed by atoms with Gasteiger partial charge in [0.25, 0.3) is 0 Å². The van der Waals surface area contributed by atoms with E-state index in [0.717, 1.165) is 16.7 Å². The molecule has 0 fully saturated rings. The predicted octanol–water partition coefficient (Wildman–Crippen LogP) is 1.96. The normalized spacial score (nSPS) is 11.7. The van der Waals surface area contributed by atoms with Gasteiger partial charge in [0.05, 0.1) is 0 Å². The highest BCUT2D eigenvalue weighted by Crippen LogP contribution is 2.31. The lowest BCUT2D eigenvalue weighted by molar-refractivity contribution is -0.140. The molecular weight excluding hydrogens is 217 g/mol. The van der Waals surface area contributed by atoms with Gasteiger partial charge in [0.1, 0.15) is 0 Å². The number of hydrogen-bond acceptors (Lipinski definition) is 4. The van der Waals surface area contributed by atoms with E-state index in [1.807, 2.05) is 0 Å². The molecule has 7 heteroatoms. The molecule has 0 aromatic carbocycles. The Balaban J connectivity index is 2.51. The molecule has 0 saturated carbocycles. The number of aromatic nitrogens is 1. The maximum atomic E-state index is 12.1. The smallest absolute Gasteiger partial charge is 0.396 e. The Kier molecular flexibility index (Phi) is 3.70. The predicted molar refractivity (Wildman–Crippen MR) is 47.3 cm³/mol.